The van der Waals surface area contributed by atoms with Gasteiger partial charge in [-0.15, -0.1) is 11.6 Å². The van der Waals surface area contributed by atoms with E-state index >= 15 is 0 Å². The minimum Gasteiger partial charge on any atom is -0.491 e. The second-order valence-corrected chi connectivity index (χ2v) is 5.53. The summed E-state index contributed by atoms with van der Waals surface area (Å²) in [6.45, 7) is 3.74. The van der Waals surface area contributed by atoms with Gasteiger partial charge in [-0.25, -0.2) is 4.98 Å². The zero-order chi connectivity index (χ0) is 13.7. The summed E-state index contributed by atoms with van der Waals surface area (Å²) < 4.78 is 7.95. The van der Waals surface area contributed by atoms with Gasteiger partial charge >= 0.3 is 0 Å². The lowest BCUT2D eigenvalue weighted by Crippen LogP contribution is -2.04. The third-order valence-electron chi connectivity index (χ3n) is 2.92. The number of aromatic nitrogens is 2. The number of hydrogen-bond donors (Lipinski definition) is 0. The van der Waals surface area contributed by atoms with Gasteiger partial charge in [0.25, 0.3) is 0 Å². The molecule has 0 radical (unpaired) electrons. The lowest BCUT2D eigenvalue weighted by Gasteiger charge is -2.07. The van der Waals surface area contributed by atoms with Gasteiger partial charge in [0.15, 0.2) is 0 Å². The van der Waals surface area contributed by atoms with Gasteiger partial charge in [0.05, 0.1) is 18.0 Å². The van der Waals surface area contributed by atoms with Crippen molar-refractivity contribution in [2.45, 2.75) is 25.8 Å². The second kappa shape index (κ2) is 7.06. The van der Waals surface area contributed by atoms with Crippen molar-refractivity contribution in [2.75, 3.05) is 18.6 Å². The molecule has 0 spiro atoms. The highest BCUT2D eigenvalue weighted by Gasteiger charge is 2.13. The van der Waals surface area contributed by atoms with Gasteiger partial charge in [0.2, 0.25) is 0 Å². The third-order valence-corrected chi connectivity index (χ3v) is 3.75. The molecule has 2 rings (SSSR count). The summed E-state index contributed by atoms with van der Waals surface area (Å²) >= 11 is 7.83. The number of alkyl halides is 1. The van der Waals surface area contributed by atoms with E-state index in [0.29, 0.717) is 12.5 Å². The average molecular weight is 299 g/mol. The topological polar surface area (TPSA) is 27.1 Å². The number of ether oxygens (including phenoxy) is 1. The largest absolute Gasteiger partial charge is 0.491 e. The molecule has 0 fully saturated rings. The van der Waals surface area contributed by atoms with Crippen LogP contribution in [0.25, 0.3) is 11.0 Å². The first-order valence-corrected chi connectivity index (χ1v) is 8.40. The molecule has 0 bridgehead atoms. The van der Waals surface area contributed by atoms with Gasteiger partial charge in [-0.1, -0.05) is 13.0 Å². The van der Waals surface area contributed by atoms with E-state index in [1.807, 2.05) is 23.9 Å². The highest BCUT2D eigenvalue weighted by molar-refractivity contribution is 7.98. The van der Waals surface area contributed by atoms with Crippen molar-refractivity contribution in [3.8, 4) is 5.75 Å². The first kappa shape index (κ1) is 14.5. The molecule has 0 aliphatic rings. The number of nitrogens with zero attached hydrogens (tertiary/aromatic N) is 2. The van der Waals surface area contributed by atoms with Crippen molar-refractivity contribution < 1.29 is 4.74 Å². The van der Waals surface area contributed by atoms with Crippen LogP contribution in [0.3, 0.4) is 0 Å². The Hall–Kier alpha value is -0.870. The van der Waals surface area contributed by atoms with E-state index in [4.69, 9.17) is 16.3 Å². The van der Waals surface area contributed by atoms with Crippen LogP contribution in [-0.4, -0.2) is 28.2 Å². The molecule has 19 heavy (non-hydrogen) atoms. The lowest BCUT2D eigenvalue weighted by molar-refractivity contribution is 0.320. The van der Waals surface area contributed by atoms with E-state index < -0.39 is 0 Å². The van der Waals surface area contributed by atoms with Crippen molar-refractivity contribution in [3.63, 3.8) is 0 Å². The first-order chi connectivity index (χ1) is 9.31. The van der Waals surface area contributed by atoms with E-state index in [1.54, 1.807) is 0 Å². The zero-order valence-corrected chi connectivity index (χ0v) is 12.9. The maximum Gasteiger partial charge on any atom is 0.147 e. The summed E-state index contributed by atoms with van der Waals surface area (Å²) in [5, 5.41) is 0. The van der Waals surface area contributed by atoms with Gasteiger partial charge in [-0.05, 0) is 24.8 Å². The Bertz CT molecular complexity index is 541. The maximum atomic E-state index is 6.01. The molecule has 0 aliphatic carbocycles. The van der Waals surface area contributed by atoms with E-state index in [2.05, 4.69) is 28.8 Å². The summed E-state index contributed by atoms with van der Waals surface area (Å²) in [7, 11) is 0. The van der Waals surface area contributed by atoms with Crippen molar-refractivity contribution in [1.82, 2.24) is 9.55 Å². The highest BCUT2D eigenvalue weighted by Crippen LogP contribution is 2.27. The molecule has 5 heteroatoms. The van der Waals surface area contributed by atoms with Crippen molar-refractivity contribution in [3.05, 3.63) is 24.0 Å². The van der Waals surface area contributed by atoms with Crippen molar-refractivity contribution >= 4 is 34.4 Å². The number of hydrogen-bond acceptors (Lipinski definition) is 3. The molecule has 1 heterocycles. The molecule has 0 atom stereocenters. The smallest absolute Gasteiger partial charge is 0.147 e. The molecule has 0 unspecified atom stereocenters. The number of fused-ring (bicyclic) bond motifs is 1. The first-order valence-electron chi connectivity index (χ1n) is 6.47. The highest BCUT2D eigenvalue weighted by atomic mass is 35.5. The van der Waals surface area contributed by atoms with Crippen LogP contribution in [0.4, 0.5) is 0 Å². The van der Waals surface area contributed by atoms with Crippen LogP contribution in [0.5, 0.6) is 5.75 Å². The van der Waals surface area contributed by atoms with Gasteiger partial charge in [0.1, 0.15) is 17.1 Å². The number of thioether (sulfide) groups is 1. The Morgan fingerprint density at radius 2 is 2.26 bits per heavy atom. The SMILES string of the molecule is CCCOc1cccc2c1nc(CCl)n2CCSC. The monoisotopic (exact) mass is 298 g/mol. The third kappa shape index (κ3) is 3.18. The molecule has 3 nitrogen and oxygen atoms in total. The summed E-state index contributed by atoms with van der Waals surface area (Å²) in [6.07, 6.45) is 3.10. The average Bonchev–Trinajstić information content (AvgIpc) is 2.81. The van der Waals surface area contributed by atoms with Crippen LogP contribution in [0, 0.1) is 0 Å². The summed E-state index contributed by atoms with van der Waals surface area (Å²) in [4.78, 5) is 4.63. The minimum absolute atomic E-state index is 0.427. The molecular formula is C14H19ClN2OS. The van der Waals surface area contributed by atoms with Crippen LogP contribution in [-0.2, 0) is 12.4 Å². The van der Waals surface area contributed by atoms with Crippen LogP contribution in [0.1, 0.15) is 19.2 Å². The number of rotatable bonds is 7. The van der Waals surface area contributed by atoms with E-state index in [1.165, 1.54) is 0 Å². The predicted octanol–water partition coefficient (Wildman–Crippen LogP) is 3.93. The quantitative estimate of drug-likeness (QED) is 0.725. The van der Waals surface area contributed by atoms with Crippen LogP contribution < -0.4 is 4.74 Å². The molecule has 1 aromatic carbocycles. The van der Waals surface area contributed by atoms with E-state index in [9.17, 15) is 0 Å². The normalized spacial score (nSPS) is 11.1. The molecule has 0 saturated heterocycles. The Morgan fingerprint density at radius 3 is 2.95 bits per heavy atom. The molecule has 0 amide bonds. The lowest BCUT2D eigenvalue weighted by atomic mass is 10.3. The molecule has 2 aromatic rings. The fourth-order valence-electron chi connectivity index (χ4n) is 2.03. The Balaban J connectivity index is 2.43. The number of halogens is 1. The fraction of sp³-hybridized carbons (Fsp3) is 0.500. The van der Waals surface area contributed by atoms with E-state index in [0.717, 1.165) is 41.3 Å². The molecule has 0 saturated carbocycles. The Labute approximate surface area is 123 Å². The molecule has 104 valence electrons. The summed E-state index contributed by atoms with van der Waals surface area (Å²) in [5.74, 6) is 3.25. The predicted molar refractivity (Wildman–Crippen MR) is 83.5 cm³/mol. The fourth-order valence-corrected chi connectivity index (χ4v) is 2.60. The van der Waals surface area contributed by atoms with Crippen molar-refractivity contribution in [1.29, 1.82) is 0 Å². The Morgan fingerprint density at radius 1 is 1.42 bits per heavy atom. The summed E-state index contributed by atoms with van der Waals surface area (Å²) in [5.41, 5.74) is 2.03. The molecule has 0 N–H and O–H groups in total. The number of imidazole rings is 1. The zero-order valence-electron chi connectivity index (χ0n) is 11.4. The molecular weight excluding hydrogens is 280 g/mol. The molecule has 0 aliphatic heterocycles. The second-order valence-electron chi connectivity index (χ2n) is 4.28. The summed E-state index contributed by atoms with van der Waals surface area (Å²) in [6, 6.07) is 6.07. The number of para-hydroxylation sites is 1. The van der Waals surface area contributed by atoms with Gasteiger partial charge in [-0.2, -0.15) is 11.8 Å². The van der Waals surface area contributed by atoms with Gasteiger partial charge < -0.3 is 9.30 Å². The van der Waals surface area contributed by atoms with Crippen LogP contribution in [0.15, 0.2) is 18.2 Å². The van der Waals surface area contributed by atoms with Crippen molar-refractivity contribution in [2.24, 2.45) is 0 Å². The van der Waals surface area contributed by atoms with Gasteiger partial charge in [-0.3, -0.25) is 0 Å². The van der Waals surface area contributed by atoms with Gasteiger partial charge in [0, 0.05) is 12.3 Å². The molecule has 1 aromatic heterocycles. The van der Waals surface area contributed by atoms with Crippen LogP contribution >= 0.6 is 23.4 Å². The minimum atomic E-state index is 0.427. The Kier molecular flexibility index (Phi) is 5.40. The number of aryl methyl sites for hydroxylation is 1. The standard InChI is InChI=1S/C14H19ClN2OS/c1-3-8-18-12-6-4-5-11-14(12)16-13(10-15)17(11)7-9-19-2/h4-6H,3,7-10H2,1-2H3. The maximum absolute atomic E-state index is 6.01. The van der Waals surface area contributed by atoms with E-state index in [-0.39, 0.29) is 0 Å². The number of benzene rings is 1. The van der Waals surface area contributed by atoms with Crippen LogP contribution in [0.2, 0.25) is 0 Å².